The second-order valence-corrected chi connectivity index (χ2v) is 14.7. The Morgan fingerprint density at radius 3 is 1.68 bits per heavy atom. The summed E-state index contributed by atoms with van der Waals surface area (Å²) in [5, 5.41) is 3.24. The van der Waals surface area contributed by atoms with Crippen LogP contribution in [0.25, 0.3) is 0 Å². The highest BCUT2D eigenvalue weighted by Crippen LogP contribution is 2.40. The van der Waals surface area contributed by atoms with E-state index in [9.17, 15) is 9.59 Å². The molecule has 5 atom stereocenters. The Morgan fingerprint density at radius 2 is 1.23 bits per heavy atom. The molecule has 0 aliphatic rings. The van der Waals surface area contributed by atoms with E-state index in [0.29, 0.717) is 29.7 Å². The van der Waals surface area contributed by atoms with Gasteiger partial charge in [-0.2, -0.15) is 0 Å². The molecular formula is C38H53NO4Si. The van der Waals surface area contributed by atoms with Crippen LogP contribution in [-0.2, 0) is 32.4 Å². The maximum Gasteiger partial charge on any atom is 0.407 e. The number of ketones is 1. The van der Waals surface area contributed by atoms with E-state index < -0.39 is 17.3 Å². The summed E-state index contributed by atoms with van der Waals surface area (Å²) in [6.45, 7) is 16.3. The first kappa shape index (κ1) is 35.3. The molecule has 1 amide bonds. The predicted octanol–water partition coefficient (Wildman–Crippen LogP) is 7.45. The number of carbonyl (C=O) groups excluding carboxylic acids is 2. The van der Waals surface area contributed by atoms with Gasteiger partial charge in [-0.15, -0.1) is 0 Å². The van der Waals surface area contributed by atoms with E-state index >= 15 is 0 Å². The molecule has 6 heteroatoms. The SMILES string of the molecule is CC(C(=O)[C@@H](Cc1ccccc1)C[C@H]([C@H](Cc1ccccc1)NC(=O)OC(C)(C)C)C(C)(C)C)C(C)(O[SiH3])c1ccccc1. The number of carbonyl (C=O) groups is 2. The highest BCUT2D eigenvalue weighted by atomic mass is 28.2. The van der Waals surface area contributed by atoms with Gasteiger partial charge in [-0.25, -0.2) is 4.79 Å². The fourth-order valence-electron chi connectivity index (χ4n) is 6.19. The molecule has 0 bridgehead atoms. The van der Waals surface area contributed by atoms with Gasteiger partial charge in [-0.1, -0.05) is 119 Å². The Labute approximate surface area is 268 Å². The van der Waals surface area contributed by atoms with Crippen LogP contribution in [0.5, 0.6) is 0 Å². The van der Waals surface area contributed by atoms with Crippen LogP contribution in [0.1, 0.15) is 78.5 Å². The van der Waals surface area contributed by atoms with Crippen molar-refractivity contribution in [1.29, 1.82) is 0 Å². The maximum absolute atomic E-state index is 14.7. The van der Waals surface area contributed by atoms with Crippen molar-refractivity contribution in [3.63, 3.8) is 0 Å². The van der Waals surface area contributed by atoms with Gasteiger partial charge in [0.25, 0.3) is 0 Å². The molecule has 0 aromatic heterocycles. The smallest absolute Gasteiger partial charge is 0.407 e. The lowest BCUT2D eigenvalue weighted by Crippen LogP contribution is -2.49. The van der Waals surface area contributed by atoms with Crippen LogP contribution < -0.4 is 5.32 Å². The van der Waals surface area contributed by atoms with Crippen molar-refractivity contribution in [2.75, 3.05) is 0 Å². The average Bonchev–Trinajstić information content (AvgIpc) is 2.97. The number of alkyl carbamates (subject to hydrolysis) is 1. The minimum atomic E-state index is -0.727. The lowest BCUT2D eigenvalue weighted by molar-refractivity contribution is -0.134. The summed E-state index contributed by atoms with van der Waals surface area (Å²) >= 11 is 0. The molecule has 2 unspecified atom stereocenters. The van der Waals surface area contributed by atoms with Crippen molar-refractivity contribution < 1.29 is 18.8 Å². The van der Waals surface area contributed by atoms with Crippen LogP contribution in [0.3, 0.4) is 0 Å². The molecule has 0 fully saturated rings. The number of rotatable bonds is 13. The maximum atomic E-state index is 14.7. The van der Waals surface area contributed by atoms with Crippen molar-refractivity contribution in [2.45, 2.75) is 91.9 Å². The molecule has 0 saturated heterocycles. The normalized spacial score (nSPS) is 16.3. The summed E-state index contributed by atoms with van der Waals surface area (Å²) in [7, 11) is 0.503. The Balaban J connectivity index is 2.04. The summed E-state index contributed by atoms with van der Waals surface area (Å²) < 4.78 is 12.0. The molecule has 3 rings (SSSR count). The van der Waals surface area contributed by atoms with Gasteiger partial charge in [0.05, 0.1) is 5.60 Å². The third kappa shape index (κ3) is 9.90. The van der Waals surface area contributed by atoms with Crippen LogP contribution in [0.4, 0.5) is 4.79 Å². The van der Waals surface area contributed by atoms with E-state index in [1.165, 1.54) is 0 Å². The van der Waals surface area contributed by atoms with Gasteiger partial charge in [0.1, 0.15) is 21.9 Å². The fourth-order valence-corrected chi connectivity index (χ4v) is 6.78. The first-order valence-electron chi connectivity index (χ1n) is 15.9. The van der Waals surface area contributed by atoms with Crippen LogP contribution in [-0.4, -0.2) is 34.0 Å². The molecule has 0 saturated carbocycles. The second kappa shape index (κ2) is 15.2. The standard InChI is InChI=1S/C38H53NO4Si/c1-27(38(8,43-44)31-22-16-11-17-23-31)34(40)30(24-28-18-12-9-13-19-28)26-32(36(2,3)4)33(25-29-20-14-10-15-21-29)39-35(41)42-37(5,6)7/h9-23,27,30,32-33H,24-26H2,1-8,44H3,(H,39,41)/t27?,30-,32+,33-,38?/m0/s1. The van der Waals surface area contributed by atoms with Crippen molar-refractivity contribution in [3.8, 4) is 0 Å². The monoisotopic (exact) mass is 615 g/mol. The van der Waals surface area contributed by atoms with Crippen LogP contribution >= 0.6 is 0 Å². The van der Waals surface area contributed by atoms with Gasteiger partial charge in [-0.05, 0) is 75.0 Å². The number of ether oxygens (including phenoxy) is 1. The Morgan fingerprint density at radius 1 is 0.750 bits per heavy atom. The average molecular weight is 616 g/mol. The van der Waals surface area contributed by atoms with Crippen LogP contribution in [0.15, 0.2) is 91.0 Å². The lowest BCUT2D eigenvalue weighted by atomic mass is 9.67. The molecule has 1 N–H and O–H groups in total. The number of nitrogens with one attached hydrogen (secondary N) is 1. The molecule has 3 aromatic rings. The molecule has 0 spiro atoms. The highest BCUT2D eigenvalue weighted by molar-refractivity contribution is 5.98. The summed E-state index contributed by atoms with van der Waals surface area (Å²) in [5.41, 5.74) is 1.70. The first-order valence-corrected chi connectivity index (χ1v) is 16.7. The van der Waals surface area contributed by atoms with Crippen LogP contribution in [0.2, 0.25) is 0 Å². The lowest BCUT2D eigenvalue weighted by Gasteiger charge is -2.41. The van der Waals surface area contributed by atoms with Gasteiger partial charge in [0, 0.05) is 17.9 Å². The fraction of sp³-hybridized carbons (Fsp3) is 0.474. The van der Waals surface area contributed by atoms with E-state index in [1.807, 2.05) is 101 Å². The number of hydrogen-bond donors (Lipinski definition) is 1. The minimum absolute atomic E-state index is 0.0278. The number of hydrogen-bond acceptors (Lipinski definition) is 4. The number of benzene rings is 3. The summed E-state index contributed by atoms with van der Waals surface area (Å²) in [6.07, 6.45) is 1.43. The van der Waals surface area contributed by atoms with E-state index in [-0.39, 0.29) is 35.0 Å². The van der Waals surface area contributed by atoms with E-state index in [0.717, 1.165) is 16.7 Å². The Kier molecular flexibility index (Phi) is 12.2. The molecule has 5 nitrogen and oxygen atoms in total. The Hall–Kier alpha value is -3.22. The predicted molar refractivity (Wildman–Crippen MR) is 183 cm³/mol. The summed E-state index contributed by atoms with van der Waals surface area (Å²) in [4.78, 5) is 27.9. The van der Waals surface area contributed by atoms with E-state index in [1.54, 1.807) is 0 Å². The molecule has 0 radical (unpaired) electrons. The van der Waals surface area contributed by atoms with Crippen LogP contribution in [0, 0.1) is 23.2 Å². The third-order valence-electron chi connectivity index (χ3n) is 8.89. The first-order chi connectivity index (χ1) is 20.6. The quantitative estimate of drug-likeness (QED) is 0.203. The van der Waals surface area contributed by atoms with Gasteiger partial charge in [-0.3, -0.25) is 4.79 Å². The zero-order valence-electron chi connectivity index (χ0n) is 28.2. The molecule has 44 heavy (non-hydrogen) atoms. The van der Waals surface area contributed by atoms with Gasteiger partial charge in [0.15, 0.2) is 0 Å². The summed E-state index contributed by atoms with van der Waals surface area (Å²) in [5.74, 6) is -0.501. The van der Waals surface area contributed by atoms with E-state index in [2.05, 4.69) is 50.4 Å². The third-order valence-corrected chi connectivity index (χ3v) is 9.74. The molecular weight excluding hydrogens is 563 g/mol. The van der Waals surface area contributed by atoms with E-state index in [4.69, 9.17) is 9.16 Å². The van der Waals surface area contributed by atoms with Gasteiger partial charge < -0.3 is 14.5 Å². The number of Topliss-reactive ketones (excluding diaryl/α,β-unsaturated/α-hetero) is 1. The van der Waals surface area contributed by atoms with Gasteiger partial charge >= 0.3 is 6.09 Å². The zero-order chi connectivity index (χ0) is 32.5. The topological polar surface area (TPSA) is 64.6 Å². The van der Waals surface area contributed by atoms with Crippen molar-refractivity contribution >= 4 is 22.4 Å². The van der Waals surface area contributed by atoms with Crippen molar-refractivity contribution in [1.82, 2.24) is 5.32 Å². The molecule has 0 heterocycles. The summed E-state index contributed by atoms with van der Waals surface area (Å²) in [6, 6.07) is 30.3. The minimum Gasteiger partial charge on any atom is -0.444 e. The van der Waals surface area contributed by atoms with Crippen molar-refractivity contribution in [2.24, 2.45) is 23.2 Å². The molecule has 3 aromatic carbocycles. The zero-order valence-corrected chi connectivity index (χ0v) is 30.2. The largest absolute Gasteiger partial charge is 0.444 e. The Bertz CT molecular complexity index is 1320. The van der Waals surface area contributed by atoms with Crippen molar-refractivity contribution in [3.05, 3.63) is 108 Å². The number of amides is 1. The van der Waals surface area contributed by atoms with Gasteiger partial charge in [0.2, 0.25) is 0 Å². The second-order valence-electron chi connectivity index (χ2n) is 14.3. The molecule has 0 aliphatic carbocycles. The molecule has 0 aliphatic heterocycles. The molecule has 238 valence electrons. The highest BCUT2D eigenvalue weighted by Gasteiger charge is 2.43.